The Morgan fingerprint density at radius 1 is 1.25 bits per heavy atom. The molecule has 2 N–H and O–H groups in total. The molecule has 1 amide bonds. The lowest BCUT2D eigenvalue weighted by atomic mass is 10.1. The van der Waals surface area contributed by atoms with Gasteiger partial charge in [0.05, 0.1) is 17.7 Å². The minimum absolute atomic E-state index is 0.250. The Morgan fingerprint density at radius 2 is 2.11 bits per heavy atom. The van der Waals surface area contributed by atoms with E-state index in [1.165, 1.54) is 32.4 Å². The number of aromatic amines is 1. The van der Waals surface area contributed by atoms with Crippen LogP contribution in [0.15, 0.2) is 30.6 Å². The van der Waals surface area contributed by atoms with Crippen LogP contribution in [-0.4, -0.2) is 56.8 Å². The Bertz CT molecular complexity index is 941. The van der Waals surface area contributed by atoms with Gasteiger partial charge in [0.2, 0.25) is 5.88 Å². The molecule has 4 heterocycles. The Hall–Kier alpha value is -2.87. The number of carbonyl (C=O) groups excluding carboxylic acids is 1. The van der Waals surface area contributed by atoms with E-state index < -0.39 is 0 Å². The number of hydrogen-bond acceptors (Lipinski definition) is 5. The summed E-state index contributed by atoms with van der Waals surface area (Å²) >= 11 is 0. The molecule has 8 nitrogen and oxygen atoms in total. The molecule has 3 aromatic rings. The van der Waals surface area contributed by atoms with Gasteiger partial charge in [0.1, 0.15) is 5.52 Å². The minimum Gasteiger partial charge on any atom is -0.478 e. The van der Waals surface area contributed by atoms with Gasteiger partial charge in [-0.3, -0.25) is 9.48 Å². The molecule has 1 saturated heterocycles. The molecule has 8 heteroatoms. The topological polar surface area (TPSA) is 88.1 Å². The molecule has 0 atom stereocenters. The van der Waals surface area contributed by atoms with Crippen LogP contribution < -0.4 is 10.1 Å². The highest BCUT2D eigenvalue weighted by molar-refractivity contribution is 6.11. The number of hydrogen-bond donors (Lipinski definition) is 2. The van der Waals surface area contributed by atoms with E-state index in [0.29, 0.717) is 29.4 Å². The predicted molar refractivity (Wildman–Crippen MR) is 108 cm³/mol. The lowest BCUT2D eigenvalue weighted by Gasteiger charge is -2.26. The van der Waals surface area contributed by atoms with Crippen molar-refractivity contribution in [3.63, 3.8) is 0 Å². The van der Waals surface area contributed by atoms with Gasteiger partial charge in [0.15, 0.2) is 5.82 Å². The zero-order chi connectivity index (χ0) is 19.3. The summed E-state index contributed by atoms with van der Waals surface area (Å²) in [7, 11) is 1.80. The second kappa shape index (κ2) is 8.43. The summed E-state index contributed by atoms with van der Waals surface area (Å²) in [5.41, 5.74) is 1.87. The summed E-state index contributed by atoms with van der Waals surface area (Å²) in [6.45, 7) is 4.07. The molecule has 0 aromatic carbocycles. The fourth-order valence-corrected chi connectivity index (χ4v) is 3.55. The number of carbonyl (C=O) groups is 1. The molecule has 0 spiro atoms. The summed E-state index contributed by atoms with van der Waals surface area (Å²) < 4.78 is 7.47. The highest BCUT2D eigenvalue weighted by atomic mass is 16.5. The highest BCUT2D eigenvalue weighted by Gasteiger charge is 2.15. The lowest BCUT2D eigenvalue weighted by Crippen LogP contribution is -2.31. The van der Waals surface area contributed by atoms with Gasteiger partial charge in [0, 0.05) is 38.1 Å². The van der Waals surface area contributed by atoms with Crippen LogP contribution in [0.2, 0.25) is 0 Å². The smallest absolute Gasteiger partial charge is 0.260 e. The van der Waals surface area contributed by atoms with Crippen molar-refractivity contribution in [2.75, 3.05) is 31.6 Å². The normalized spacial score (nSPS) is 15.0. The van der Waals surface area contributed by atoms with E-state index >= 15 is 0 Å². The SMILES string of the molecule is Cn1ccc(NC(=O)c2c[nH]c3ccc(OCCCN4CCCCC4)nc23)n1. The summed E-state index contributed by atoms with van der Waals surface area (Å²) in [5.74, 6) is 0.796. The average molecular weight is 382 g/mol. The minimum atomic E-state index is -0.250. The van der Waals surface area contributed by atoms with Crippen LogP contribution in [0, 0.1) is 0 Å². The predicted octanol–water partition coefficient (Wildman–Crippen LogP) is 2.80. The number of aromatic nitrogens is 4. The number of amides is 1. The van der Waals surface area contributed by atoms with E-state index in [1.807, 2.05) is 12.1 Å². The zero-order valence-electron chi connectivity index (χ0n) is 16.1. The fourth-order valence-electron chi connectivity index (χ4n) is 3.55. The lowest BCUT2D eigenvalue weighted by molar-refractivity contribution is 0.102. The quantitative estimate of drug-likeness (QED) is 0.614. The molecule has 4 rings (SSSR count). The maximum atomic E-state index is 12.6. The van der Waals surface area contributed by atoms with Crippen LogP contribution in [-0.2, 0) is 7.05 Å². The third kappa shape index (κ3) is 4.33. The maximum absolute atomic E-state index is 12.6. The molecule has 1 aliphatic heterocycles. The second-order valence-electron chi connectivity index (χ2n) is 7.18. The molecule has 0 aliphatic carbocycles. The van der Waals surface area contributed by atoms with Crippen LogP contribution in [0.3, 0.4) is 0 Å². The van der Waals surface area contributed by atoms with Gasteiger partial charge in [-0.25, -0.2) is 4.98 Å². The zero-order valence-corrected chi connectivity index (χ0v) is 16.1. The number of fused-ring (bicyclic) bond motifs is 1. The van der Waals surface area contributed by atoms with Gasteiger partial charge in [-0.2, -0.15) is 5.10 Å². The average Bonchev–Trinajstić information content (AvgIpc) is 3.31. The Labute approximate surface area is 163 Å². The van der Waals surface area contributed by atoms with Crippen molar-refractivity contribution in [2.45, 2.75) is 25.7 Å². The summed E-state index contributed by atoms with van der Waals surface area (Å²) in [5, 5.41) is 6.96. The van der Waals surface area contributed by atoms with Crippen LogP contribution in [0.1, 0.15) is 36.0 Å². The third-order valence-electron chi connectivity index (χ3n) is 5.01. The van der Waals surface area contributed by atoms with Crippen molar-refractivity contribution in [3.05, 3.63) is 36.2 Å². The Balaban J connectivity index is 1.37. The number of anilines is 1. The maximum Gasteiger partial charge on any atom is 0.260 e. The second-order valence-corrected chi connectivity index (χ2v) is 7.18. The number of aryl methyl sites for hydroxylation is 1. The van der Waals surface area contributed by atoms with Gasteiger partial charge in [-0.15, -0.1) is 0 Å². The number of ether oxygens (including phenoxy) is 1. The highest BCUT2D eigenvalue weighted by Crippen LogP contribution is 2.21. The van der Waals surface area contributed by atoms with Crippen molar-refractivity contribution in [1.82, 2.24) is 24.6 Å². The first-order valence-electron chi connectivity index (χ1n) is 9.83. The van der Waals surface area contributed by atoms with Crippen LogP contribution in [0.5, 0.6) is 5.88 Å². The van der Waals surface area contributed by atoms with E-state index in [1.54, 1.807) is 30.2 Å². The molecular weight excluding hydrogens is 356 g/mol. The summed E-state index contributed by atoms with van der Waals surface area (Å²) in [4.78, 5) is 22.7. The van der Waals surface area contributed by atoms with E-state index in [-0.39, 0.29) is 5.91 Å². The standard InChI is InChI=1S/C20H26N6O2/c1-25-12-8-17(24-25)22-20(27)15-14-21-16-6-7-18(23-19(15)16)28-13-5-11-26-9-3-2-4-10-26/h6-8,12,14,21H,2-5,9-11,13H2,1H3,(H,22,24,27). The van der Waals surface area contributed by atoms with Gasteiger partial charge in [0.25, 0.3) is 5.91 Å². The van der Waals surface area contributed by atoms with Crippen LogP contribution >= 0.6 is 0 Å². The van der Waals surface area contributed by atoms with Crippen molar-refractivity contribution in [3.8, 4) is 5.88 Å². The van der Waals surface area contributed by atoms with Crippen molar-refractivity contribution in [1.29, 1.82) is 0 Å². The first-order chi connectivity index (χ1) is 13.7. The summed E-state index contributed by atoms with van der Waals surface area (Å²) in [6, 6.07) is 5.47. The largest absolute Gasteiger partial charge is 0.478 e. The number of likely N-dealkylation sites (tertiary alicyclic amines) is 1. The Morgan fingerprint density at radius 3 is 2.89 bits per heavy atom. The van der Waals surface area contributed by atoms with E-state index in [2.05, 4.69) is 25.3 Å². The number of pyridine rings is 1. The fraction of sp³-hybridized carbons (Fsp3) is 0.450. The molecule has 28 heavy (non-hydrogen) atoms. The number of H-pyrrole nitrogens is 1. The van der Waals surface area contributed by atoms with Gasteiger partial charge in [-0.1, -0.05) is 6.42 Å². The number of piperidine rings is 1. The molecular formula is C20H26N6O2. The molecule has 0 bridgehead atoms. The van der Waals surface area contributed by atoms with Gasteiger partial charge < -0.3 is 19.9 Å². The molecule has 3 aromatic heterocycles. The van der Waals surface area contributed by atoms with E-state index in [0.717, 1.165) is 18.5 Å². The van der Waals surface area contributed by atoms with Gasteiger partial charge in [-0.05, 0) is 38.4 Å². The van der Waals surface area contributed by atoms with Gasteiger partial charge >= 0.3 is 0 Å². The summed E-state index contributed by atoms with van der Waals surface area (Å²) in [6.07, 6.45) is 8.37. The van der Waals surface area contributed by atoms with Crippen molar-refractivity contribution >= 4 is 22.8 Å². The third-order valence-corrected chi connectivity index (χ3v) is 5.01. The number of nitrogens with zero attached hydrogens (tertiary/aromatic N) is 4. The first-order valence-corrected chi connectivity index (χ1v) is 9.83. The molecule has 1 aliphatic rings. The number of rotatable bonds is 7. The molecule has 0 unspecified atom stereocenters. The van der Waals surface area contributed by atoms with Crippen LogP contribution in [0.25, 0.3) is 11.0 Å². The molecule has 1 fully saturated rings. The first kappa shape index (κ1) is 18.5. The monoisotopic (exact) mass is 382 g/mol. The van der Waals surface area contributed by atoms with Crippen molar-refractivity contribution in [2.24, 2.45) is 7.05 Å². The van der Waals surface area contributed by atoms with Crippen LogP contribution in [0.4, 0.5) is 5.82 Å². The molecule has 0 saturated carbocycles. The van der Waals surface area contributed by atoms with E-state index in [9.17, 15) is 4.79 Å². The molecule has 0 radical (unpaired) electrons. The van der Waals surface area contributed by atoms with E-state index in [4.69, 9.17) is 4.74 Å². The number of nitrogens with one attached hydrogen (secondary N) is 2. The Kier molecular flexibility index (Phi) is 5.57. The van der Waals surface area contributed by atoms with Crippen molar-refractivity contribution < 1.29 is 9.53 Å². The molecule has 148 valence electrons.